The van der Waals surface area contributed by atoms with E-state index in [2.05, 4.69) is 14.7 Å². The summed E-state index contributed by atoms with van der Waals surface area (Å²) >= 11 is 6.11. The molecule has 0 spiro atoms. The van der Waals surface area contributed by atoms with E-state index in [0.717, 1.165) is 5.69 Å². The summed E-state index contributed by atoms with van der Waals surface area (Å²) in [6.07, 6.45) is 1.27. The second-order valence-corrected chi connectivity index (χ2v) is 6.56. The van der Waals surface area contributed by atoms with Gasteiger partial charge in [0.1, 0.15) is 5.82 Å². The molecule has 2 N–H and O–H groups in total. The molecular formula is C12H15ClN4O2S. The van der Waals surface area contributed by atoms with Crippen LogP contribution in [0.5, 0.6) is 0 Å². The number of hydrogen-bond acceptors (Lipinski definition) is 4. The second-order valence-electron chi connectivity index (χ2n) is 4.50. The highest BCUT2D eigenvalue weighted by Crippen LogP contribution is 2.28. The summed E-state index contributed by atoms with van der Waals surface area (Å²) in [7, 11) is 0.0365. The number of aromatic nitrogens is 2. The first-order chi connectivity index (χ1) is 9.29. The van der Waals surface area contributed by atoms with E-state index in [1.807, 2.05) is 19.0 Å². The predicted molar refractivity (Wildman–Crippen MR) is 79.9 cm³/mol. The van der Waals surface area contributed by atoms with Crippen molar-refractivity contribution < 1.29 is 8.42 Å². The number of anilines is 2. The molecule has 20 heavy (non-hydrogen) atoms. The lowest BCUT2D eigenvalue weighted by atomic mass is 10.3. The molecule has 0 aliphatic carbocycles. The molecule has 0 saturated heterocycles. The molecule has 0 aliphatic rings. The smallest absolute Gasteiger partial charge is 0.278 e. The van der Waals surface area contributed by atoms with Crippen LogP contribution in [0.3, 0.4) is 0 Å². The Balaban J connectivity index is 2.28. The second kappa shape index (κ2) is 5.34. The summed E-state index contributed by atoms with van der Waals surface area (Å²) in [6.45, 7) is 1.68. The highest BCUT2D eigenvalue weighted by molar-refractivity contribution is 7.92. The Morgan fingerprint density at radius 1 is 1.35 bits per heavy atom. The number of nitrogens with zero attached hydrogens (tertiary/aromatic N) is 2. The quantitative estimate of drug-likeness (QED) is 0.907. The van der Waals surface area contributed by atoms with Crippen molar-refractivity contribution in [3.63, 3.8) is 0 Å². The third kappa shape index (κ3) is 3.05. The third-order valence-electron chi connectivity index (χ3n) is 2.65. The number of aromatic amines is 1. The molecule has 8 heteroatoms. The van der Waals surface area contributed by atoms with Gasteiger partial charge in [0.2, 0.25) is 0 Å². The van der Waals surface area contributed by atoms with Gasteiger partial charge in [0.15, 0.2) is 5.03 Å². The van der Waals surface area contributed by atoms with Crippen LogP contribution < -0.4 is 9.62 Å². The first-order valence-corrected chi connectivity index (χ1v) is 7.67. The number of benzene rings is 1. The molecule has 0 bridgehead atoms. The van der Waals surface area contributed by atoms with E-state index in [9.17, 15) is 8.42 Å². The number of nitrogens with one attached hydrogen (secondary N) is 2. The number of hydrogen-bond donors (Lipinski definition) is 2. The highest BCUT2D eigenvalue weighted by atomic mass is 35.5. The average molecular weight is 315 g/mol. The third-order valence-corrected chi connectivity index (χ3v) is 4.24. The molecule has 2 rings (SSSR count). The molecule has 0 radical (unpaired) electrons. The van der Waals surface area contributed by atoms with Crippen LogP contribution in [-0.4, -0.2) is 32.5 Å². The van der Waals surface area contributed by atoms with Gasteiger partial charge in [-0.25, -0.2) is 4.98 Å². The van der Waals surface area contributed by atoms with Gasteiger partial charge in [0.25, 0.3) is 10.0 Å². The van der Waals surface area contributed by atoms with Gasteiger partial charge in [-0.2, -0.15) is 8.42 Å². The molecule has 0 unspecified atom stereocenters. The number of aryl methyl sites for hydroxylation is 1. The molecule has 0 aliphatic heterocycles. The molecule has 0 amide bonds. The molecule has 6 nitrogen and oxygen atoms in total. The maximum Gasteiger partial charge on any atom is 0.278 e. The molecular weight excluding hydrogens is 300 g/mol. The van der Waals surface area contributed by atoms with Crippen molar-refractivity contribution in [2.45, 2.75) is 11.9 Å². The number of H-pyrrole nitrogens is 1. The van der Waals surface area contributed by atoms with Crippen LogP contribution in [0.25, 0.3) is 0 Å². The number of rotatable bonds is 4. The van der Waals surface area contributed by atoms with Crippen LogP contribution in [-0.2, 0) is 10.0 Å². The molecule has 0 saturated carbocycles. The maximum atomic E-state index is 12.1. The van der Waals surface area contributed by atoms with Crippen molar-refractivity contribution in [3.05, 3.63) is 35.2 Å². The number of sulfonamides is 1. The Morgan fingerprint density at radius 3 is 2.55 bits per heavy atom. The molecule has 1 aromatic heterocycles. The van der Waals surface area contributed by atoms with Crippen LogP contribution in [0, 0.1) is 6.92 Å². The highest BCUT2D eigenvalue weighted by Gasteiger charge is 2.17. The minimum atomic E-state index is -3.68. The lowest BCUT2D eigenvalue weighted by Crippen LogP contribution is -2.14. The van der Waals surface area contributed by atoms with Gasteiger partial charge in [0, 0.05) is 14.1 Å². The van der Waals surface area contributed by atoms with E-state index in [1.165, 1.54) is 6.20 Å². The summed E-state index contributed by atoms with van der Waals surface area (Å²) in [5.41, 5.74) is 1.21. The van der Waals surface area contributed by atoms with E-state index in [4.69, 9.17) is 11.6 Å². The van der Waals surface area contributed by atoms with Crippen LogP contribution in [0.15, 0.2) is 29.4 Å². The van der Waals surface area contributed by atoms with Crippen molar-refractivity contribution in [2.24, 2.45) is 0 Å². The van der Waals surface area contributed by atoms with Crippen molar-refractivity contribution in [3.8, 4) is 0 Å². The largest absolute Gasteiger partial charge is 0.376 e. The Morgan fingerprint density at radius 2 is 2.05 bits per heavy atom. The summed E-state index contributed by atoms with van der Waals surface area (Å²) in [5, 5.41) is 0.485. The normalized spacial score (nSPS) is 11.4. The summed E-state index contributed by atoms with van der Waals surface area (Å²) in [4.78, 5) is 8.40. The van der Waals surface area contributed by atoms with Crippen molar-refractivity contribution >= 4 is 33.0 Å². The van der Waals surface area contributed by atoms with Gasteiger partial charge in [-0.3, -0.25) is 4.72 Å². The first kappa shape index (κ1) is 14.7. The zero-order valence-electron chi connectivity index (χ0n) is 11.3. The Bertz CT molecular complexity index is 725. The van der Waals surface area contributed by atoms with Crippen molar-refractivity contribution in [2.75, 3.05) is 23.7 Å². The van der Waals surface area contributed by atoms with E-state index in [1.54, 1.807) is 25.1 Å². The first-order valence-electron chi connectivity index (χ1n) is 5.81. The monoisotopic (exact) mass is 314 g/mol. The van der Waals surface area contributed by atoms with Gasteiger partial charge >= 0.3 is 0 Å². The molecule has 0 fully saturated rings. The topological polar surface area (TPSA) is 78.1 Å². The molecule has 2 aromatic rings. The van der Waals surface area contributed by atoms with Crippen LogP contribution in [0.1, 0.15) is 5.82 Å². The minimum absolute atomic E-state index is 0.0165. The van der Waals surface area contributed by atoms with Crippen LogP contribution >= 0.6 is 11.6 Å². The zero-order chi connectivity index (χ0) is 14.9. The Hall–Kier alpha value is -1.73. The fourth-order valence-electron chi connectivity index (χ4n) is 1.68. The van der Waals surface area contributed by atoms with Crippen molar-refractivity contribution in [1.29, 1.82) is 0 Å². The number of halogens is 1. The van der Waals surface area contributed by atoms with Gasteiger partial charge in [-0.1, -0.05) is 11.6 Å². The number of imidazole rings is 1. The van der Waals surface area contributed by atoms with Gasteiger partial charge in [-0.15, -0.1) is 0 Å². The zero-order valence-corrected chi connectivity index (χ0v) is 12.9. The van der Waals surface area contributed by atoms with Gasteiger partial charge < -0.3 is 9.88 Å². The molecule has 1 heterocycles. The summed E-state index contributed by atoms with van der Waals surface area (Å²) in [5.74, 6) is 0.534. The fourth-order valence-corrected chi connectivity index (χ4v) is 3.05. The van der Waals surface area contributed by atoms with Gasteiger partial charge in [-0.05, 0) is 25.1 Å². The lowest BCUT2D eigenvalue weighted by Gasteiger charge is -2.15. The van der Waals surface area contributed by atoms with Crippen LogP contribution in [0.2, 0.25) is 5.02 Å². The minimum Gasteiger partial charge on any atom is -0.376 e. The van der Waals surface area contributed by atoms with E-state index in [-0.39, 0.29) is 5.03 Å². The molecule has 1 aromatic carbocycles. The Labute approximate surface area is 122 Å². The fraction of sp³-hybridized carbons (Fsp3) is 0.250. The average Bonchev–Trinajstić information content (AvgIpc) is 2.75. The summed E-state index contributed by atoms with van der Waals surface area (Å²) in [6, 6.07) is 4.97. The molecule has 108 valence electrons. The summed E-state index contributed by atoms with van der Waals surface area (Å²) < 4.78 is 26.7. The van der Waals surface area contributed by atoms with E-state index < -0.39 is 10.0 Å². The maximum absolute atomic E-state index is 12.1. The van der Waals surface area contributed by atoms with Gasteiger partial charge in [0.05, 0.1) is 22.6 Å². The standard InChI is InChI=1S/C12H15ClN4O2S/c1-8-14-7-12(15-8)20(18,19)16-9-4-5-11(17(2)3)10(13)6-9/h4-7,16H,1-3H3,(H,14,15). The SMILES string of the molecule is Cc1ncc(S(=O)(=O)Nc2ccc(N(C)C)c(Cl)c2)[nH]1. The predicted octanol–water partition coefficient (Wildman–Crippen LogP) is 2.24. The Kier molecular flexibility index (Phi) is 3.92. The van der Waals surface area contributed by atoms with Crippen LogP contribution in [0.4, 0.5) is 11.4 Å². The van der Waals surface area contributed by atoms with E-state index >= 15 is 0 Å². The van der Waals surface area contributed by atoms with Crippen molar-refractivity contribution in [1.82, 2.24) is 9.97 Å². The van der Waals surface area contributed by atoms with E-state index in [0.29, 0.717) is 16.5 Å². The lowest BCUT2D eigenvalue weighted by molar-refractivity contribution is 0.598. The molecule has 0 atom stereocenters.